The minimum Gasteiger partial charge on any atom is -0.495 e. The van der Waals surface area contributed by atoms with Crippen molar-refractivity contribution in [2.75, 3.05) is 12.4 Å². The standard InChI is InChI=1S/C18H25N5O2/c1-3-13(17-22-21-16-11-5-4-8-12-23(16)17)19-18(24)20-14-9-6-7-10-15(14)25-2/h6-7,9-10,13H,3-5,8,11-12H2,1-2H3,(H2,19,20,24)/t13-/m0/s1. The highest BCUT2D eigenvalue weighted by atomic mass is 16.5. The van der Waals surface area contributed by atoms with E-state index < -0.39 is 0 Å². The van der Waals surface area contributed by atoms with Gasteiger partial charge in [0.25, 0.3) is 0 Å². The van der Waals surface area contributed by atoms with Crippen molar-refractivity contribution in [1.29, 1.82) is 0 Å². The van der Waals surface area contributed by atoms with Crippen LogP contribution in [0.1, 0.15) is 50.3 Å². The maximum atomic E-state index is 12.4. The third-order valence-corrected chi connectivity index (χ3v) is 4.52. The Hall–Kier alpha value is -2.57. The number of carbonyl (C=O) groups excluding carboxylic acids is 1. The van der Waals surface area contributed by atoms with Gasteiger partial charge in [-0.2, -0.15) is 0 Å². The van der Waals surface area contributed by atoms with Gasteiger partial charge in [0, 0.05) is 13.0 Å². The van der Waals surface area contributed by atoms with Crippen LogP contribution in [0.3, 0.4) is 0 Å². The average molecular weight is 343 g/mol. The molecule has 0 fully saturated rings. The van der Waals surface area contributed by atoms with Crippen molar-refractivity contribution in [2.45, 2.75) is 51.6 Å². The number of anilines is 1. The highest BCUT2D eigenvalue weighted by Gasteiger charge is 2.22. The molecule has 3 rings (SSSR count). The summed E-state index contributed by atoms with van der Waals surface area (Å²) in [5.74, 6) is 2.49. The minimum absolute atomic E-state index is 0.172. The first-order valence-corrected chi connectivity index (χ1v) is 8.85. The van der Waals surface area contributed by atoms with Crippen LogP contribution in [0, 0.1) is 0 Å². The van der Waals surface area contributed by atoms with Crippen molar-refractivity contribution < 1.29 is 9.53 Å². The number of urea groups is 1. The molecule has 0 unspecified atom stereocenters. The lowest BCUT2D eigenvalue weighted by Gasteiger charge is -2.19. The monoisotopic (exact) mass is 343 g/mol. The highest BCUT2D eigenvalue weighted by Crippen LogP contribution is 2.24. The van der Waals surface area contributed by atoms with Gasteiger partial charge in [-0.1, -0.05) is 25.5 Å². The largest absolute Gasteiger partial charge is 0.495 e. The van der Waals surface area contributed by atoms with E-state index in [1.165, 1.54) is 6.42 Å². The third-order valence-electron chi connectivity index (χ3n) is 4.52. The van der Waals surface area contributed by atoms with Crippen LogP contribution in [0.4, 0.5) is 10.5 Å². The number of hydrogen-bond donors (Lipinski definition) is 2. The number of aryl methyl sites for hydroxylation is 1. The van der Waals surface area contributed by atoms with Crippen LogP contribution in [-0.4, -0.2) is 27.9 Å². The molecule has 2 heterocycles. The first-order chi connectivity index (χ1) is 12.2. The van der Waals surface area contributed by atoms with Gasteiger partial charge in [0.05, 0.1) is 18.8 Å². The zero-order chi connectivity index (χ0) is 17.6. The Morgan fingerprint density at radius 3 is 2.92 bits per heavy atom. The molecule has 2 amide bonds. The number of carbonyl (C=O) groups is 1. The summed E-state index contributed by atoms with van der Waals surface area (Å²) in [6.07, 6.45) is 5.19. The summed E-state index contributed by atoms with van der Waals surface area (Å²) in [7, 11) is 1.58. The van der Waals surface area contributed by atoms with Crippen molar-refractivity contribution in [3.05, 3.63) is 35.9 Å². The summed E-state index contributed by atoms with van der Waals surface area (Å²) < 4.78 is 7.44. The Morgan fingerprint density at radius 1 is 1.28 bits per heavy atom. The van der Waals surface area contributed by atoms with Gasteiger partial charge in [-0.15, -0.1) is 10.2 Å². The van der Waals surface area contributed by atoms with Crippen molar-refractivity contribution in [3.63, 3.8) is 0 Å². The molecular weight excluding hydrogens is 318 g/mol. The molecule has 134 valence electrons. The second-order valence-corrected chi connectivity index (χ2v) is 6.20. The van der Waals surface area contributed by atoms with Crippen LogP contribution >= 0.6 is 0 Å². The number of nitrogens with one attached hydrogen (secondary N) is 2. The Labute approximate surface area is 147 Å². The molecule has 7 heteroatoms. The Balaban J connectivity index is 1.72. The lowest BCUT2D eigenvalue weighted by molar-refractivity contribution is 0.247. The van der Waals surface area contributed by atoms with E-state index in [9.17, 15) is 4.79 Å². The van der Waals surface area contributed by atoms with E-state index in [-0.39, 0.29) is 12.1 Å². The molecule has 1 aliphatic rings. The molecule has 0 aliphatic carbocycles. The quantitative estimate of drug-likeness (QED) is 0.873. The number of fused-ring (bicyclic) bond motifs is 1. The van der Waals surface area contributed by atoms with Crippen LogP contribution in [0.5, 0.6) is 5.75 Å². The van der Waals surface area contributed by atoms with Gasteiger partial charge in [-0.05, 0) is 31.4 Å². The topological polar surface area (TPSA) is 81.1 Å². The molecule has 1 aromatic heterocycles. The van der Waals surface area contributed by atoms with E-state index in [0.29, 0.717) is 11.4 Å². The molecule has 1 atom stereocenters. The molecule has 1 aromatic carbocycles. The van der Waals surface area contributed by atoms with Crippen molar-refractivity contribution in [3.8, 4) is 5.75 Å². The van der Waals surface area contributed by atoms with E-state index in [0.717, 1.165) is 43.9 Å². The highest BCUT2D eigenvalue weighted by molar-refractivity contribution is 5.91. The zero-order valence-corrected chi connectivity index (χ0v) is 14.8. The molecule has 0 radical (unpaired) electrons. The van der Waals surface area contributed by atoms with E-state index in [1.54, 1.807) is 7.11 Å². The number of amides is 2. The lowest BCUT2D eigenvalue weighted by Crippen LogP contribution is -2.34. The normalized spacial score (nSPS) is 15.0. The summed E-state index contributed by atoms with van der Waals surface area (Å²) >= 11 is 0. The molecule has 0 spiro atoms. The number of methoxy groups -OCH3 is 1. The van der Waals surface area contributed by atoms with Gasteiger partial charge in [0.1, 0.15) is 11.6 Å². The molecule has 1 aliphatic heterocycles. The second kappa shape index (κ2) is 8.00. The number of benzene rings is 1. The smallest absolute Gasteiger partial charge is 0.319 e. The van der Waals surface area contributed by atoms with Crippen molar-refractivity contribution in [1.82, 2.24) is 20.1 Å². The Morgan fingerprint density at radius 2 is 2.12 bits per heavy atom. The summed E-state index contributed by atoms with van der Waals surface area (Å²) in [5, 5.41) is 14.5. The Bertz CT molecular complexity index is 728. The SMILES string of the molecule is CC[C@H](NC(=O)Nc1ccccc1OC)c1nnc2n1CCCCC2. The first kappa shape index (κ1) is 17.3. The molecule has 0 bridgehead atoms. The number of nitrogens with zero attached hydrogens (tertiary/aromatic N) is 3. The predicted molar refractivity (Wildman–Crippen MR) is 95.8 cm³/mol. The summed E-state index contributed by atoms with van der Waals surface area (Å²) in [6, 6.07) is 6.89. The third kappa shape index (κ3) is 3.92. The van der Waals surface area contributed by atoms with Gasteiger partial charge in [0.2, 0.25) is 0 Å². The van der Waals surface area contributed by atoms with E-state index in [2.05, 4.69) is 25.4 Å². The fourth-order valence-electron chi connectivity index (χ4n) is 3.18. The average Bonchev–Trinajstić information content (AvgIpc) is 2.88. The van der Waals surface area contributed by atoms with Crippen LogP contribution in [-0.2, 0) is 13.0 Å². The second-order valence-electron chi connectivity index (χ2n) is 6.20. The van der Waals surface area contributed by atoms with E-state index in [1.807, 2.05) is 31.2 Å². The van der Waals surface area contributed by atoms with E-state index >= 15 is 0 Å². The predicted octanol–water partition coefficient (Wildman–Crippen LogP) is 3.29. The summed E-state index contributed by atoms with van der Waals surface area (Å²) in [4.78, 5) is 12.4. The molecule has 0 saturated heterocycles. The summed E-state index contributed by atoms with van der Waals surface area (Å²) in [6.45, 7) is 2.95. The first-order valence-electron chi connectivity index (χ1n) is 8.85. The Kier molecular flexibility index (Phi) is 5.53. The van der Waals surface area contributed by atoms with Gasteiger partial charge in [0.15, 0.2) is 5.82 Å². The molecule has 2 N–H and O–H groups in total. The van der Waals surface area contributed by atoms with Gasteiger partial charge in [-0.25, -0.2) is 4.79 Å². The fraction of sp³-hybridized carbons (Fsp3) is 0.500. The van der Waals surface area contributed by atoms with Gasteiger partial charge in [-0.3, -0.25) is 0 Å². The fourth-order valence-corrected chi connectivity index (χ4v) is 3.18. The molecule has 2 aromatic rings. The van der Waals surface area contributed by atoms with Crippen LogP contribution < -0.4 is 15.4 Å². The maximum Gasteiger partial charge on any atom is 0.319 e. The number of aromatic nitrogens is 3. The molecule has 25 heavy (non-hydrogen) atoms. The van der Waals surface area contributed by atoms with Crippen molar-refractivity contribution in [2.24, 2.45) is 0 Å². The van der Waals surface area contributed by atoms with E-state index in [4.69, 9.17) is 4.74 Å². The molecular formula is C18H25N5O2. The molecule has 0 saturated carbocycles. The number of ether oxygens (including phenoxy) is 1. The van der Waals surface area contributed by atoms with Crippen LogP contribution in [0.25, 0.3) is 0 Å². The maximum absolute atomic E-state index is 12.4. The van der Waals surface area contributed by atoms with Gasteiger partial charge >= 0.3 is 6.03 Å². The van der Waals surface area contributed by atoms with Crippen molar-refractivity contribution >= 4 is 11.7 Å². The number of hydrogen-bond acceptors (Lipinski definition) is 4. The number of rotatable bonds is 5. The summed E-state index contributed by atoms with van der Waals surface area (Å²) in [5.41, 5.74) is 0.637. The van der Waals surface area contributed by atoms with Gasteiger partial charge < -0.3 is 19.9 Å². The number of para-hydroxylation sites is 2. The van der Waals surface area contributed by atoms with Crippen LogP contribution in [0.2, 0.25) is 0 Å². The lowest BCUT2D eigenvalue weighted by atomic mass is 10.2. The molecule has 7 nitrogen and oxygen atoms in total. The van der Waals surface area contributed by atoms with Crippen LogP contribution in [0.15, 0.2) is 24.3 Å². The minimum atomic E-state index is -0.276. The zero-order valence-electron chi connectivity index (χ0n) is 14.8.